The summed E-state index contributed by atoms with van der Waals surface area (Å²) in [5.74, 6) is 0. The molecule has 0 atom stereocenters. The maximum Gasteiger partial charge on any atom is 0.428 e. The Morgan fingerprint density at radius 3 is 2.70 bits per heavy atom. The van der Waals surface area contributed by atoms with Crippen molar-refractivity contribution in [3.8, 4) is 0 Å². The van der Waals surface area contributed by atoms with E-state index in [1.807, 2.05) is 0 Å². The first-order chi connectivity index (χ1) is 9.36. The van der Waals surface area contributed by atoms with Crippen LogP contribution in [0.2, 0.25) is 5.02 Å². The van der Waals surface area contributed by atoms with E-state index in [9.17, 15) is 18.0 Å². The highest BCUT2D eigenvalue weighted by atomic mass is 35.5. The molecule has 8 heteroatoms. The number of rotatable bonds is 3. The van der Waals surface area contributed by atoms with Crippen LogP contribution in [0, 0.1) is 0 Å². The van der Waals surface area contributed by atoms with Gasteiger partial charge in [-0.05, 0) is 30.5 Å². The number of nitrogens with one attached hydrogen (secondary N) is 1. The lowest BCUT2D eigenvalue weighted by atomic mass is 10.0. The molecule has 0 saturated carbocycles. The minimum absolute atomic E-state index is 0.0472. The first-order valence-electron chi connectivity index (χ1n) is 5.70. The van der Waals surface area contributed by atoms with Gasteiger partial charge >= 0.3 is 12.3 Å². The highest BCUT2D eigenvalue weighted by Crippen LogP contribution is 2.35. The molecule has 0 unspecified atom stereocenters. The number of carbonyl (C=O) groups is 1. The molecule has 1 N–H and O–H groups in total. The van der Waals surface area contributed by atoms with Crippen molar-refractivity contribution in [3.63, 3.8) is 0 Å². The molecule has 0 spiro atoms. The van der Waals surface area contributed by atoms with E-state index in [-0.39, 0.29) is 11.6 Å². The predicted molar refractivity (Wildman–Crippen MR) is 66.7 cm³/mol. The topological polar surface area (TPSA) is 50.7 Å². The van der Waals surface area contributed by atoms with Crippen LogP contribution in [-0.2, 0) is 17.3 Å². The van der Waals surface area contributed by atoms with Gasteiger partial charge < -0.3 is 4.74 Å². The van der Waals surface area contributed by atoms with Crippen LogP contribution in [0.5, 0.6) is 0 Å². The summed E-state index contributed by atoms with van der Waals surface area (Å²) in [6, 6.07) is 3.77. The molecule has 1 aromatic carbocycles. The minimum atomic E-state index is -4.48. The van der Waals surface area contributed by atoms with Gasteiger partial charge in [0.25, 0.3) is 0 Å². The second kappa shape index (κ2) is 5.70. The van der Waals surface area contributed by atoms with Crippen molar-refractivity contribution in [2.75, 3.05) is 6.61 Å². The third-order valence-electron chi connectivity index (χ3n) is 2.71. The number of cyclic esters (lactones) is 1. The average Bonchev–Trinajstić information content (AvgIpc) is 2.38. The highest BCUT2D eigenvalue weighted by Gasteiger charge is 2.33. The summed E-state index contributed by atoms with van der Waals surface area (Å²) in [6.45, 7) is 0.0472. The van der Waals surface area contributed by atoms with Gasteiger partial charge in [-0.3, -0.25) is 0 Å². The largest absolute Gasteiger partial charge is 0.442 e. The van der Waals surface area contributed by atoms with Gasteiger partial charge in [0.05, 0.1) is 16.3 Å². The lowest BCUT2D eigenvalue weighted by Crippen LogP contribution is -2.30. The lowest BCUT2D eigenvalue weighted by molar-refractivity contribution is -0.137. The van der Waals surface area contributed by atoms with E-state index >= 15 is 0 Å². The van der Waals surface area contributed by atoms with Gasteiger partial charge in [-0.15, -0.1) is 0 Å². The second-order valence-corrected chi connectivity index (χ2v) is 4.59. The van der Waals surface area contributed by atoms with Gasteiger partial charge in [-0.1, -0.05) is 17.7 Å². The van der Waals surface area contributed by atoms with Crippen LogP contribution in [0.25, 0.3) is 0 Å². The molecule has 1 heterocycles. The number of hydrogen-bond acceptors (Lipinski definition) is 3. The van der Waals surface area contributed by atoms with Crippen molar-refractivity contribution < 1.29 is 22.7 Å². The molecule has 0 fully saturated rings. The average molecular weight is 307 g/mol. The third-order valence-corrected chi connectivity index (χ3v) is 3.04. The molecule has 2 rings (SSSR count). The summed E-state index contributed by atoms with van der Waals surface area (Å²) in [7, 11) is 0. The Kier molecular flexibility index (Phi) is 4.17. The Morgan fingerprint density at radius 2 is 2.10 bits per heavy atom. The van der Waals surface area contributed by atoms with E-state index in [1.54, 1.807) is 0 Å². The molecular weight excluding hydrogens is 297 g/mol. The van der Waals surface area contributed by atoms with Gasteiger partial charge in [0.2, 0.25) is 0 Å². The number of hydrogen-bond donors (Lipinski definition) is 1. The Morgan fingerprint density at radius 1 is 1.35 bits per heavy atom. The maximum absolute atomic E-state index is 12.7. The standard InChI is InChI=1S/C12H10ClF3N2O2/c13-10-4-2-7(5-9(10)12(14,15)16)1-3-8-6-20-11(19)18-17-8/h2,4-5H,1,3,6H2,(H,18,19). The van der Waals surface area contributed by atoms with E-state index in [4.69, 9.17) is 16.3 Å². The number of halogens is 4. The number of benzene rings is 1. The molecular formula is C12H10ClF3N2O2. The number of alkyl halides is 3. The molecule has 1 aromatic rings. The van der Waals surface area contributed by atoms with Crippen molar-refractivity contribution in [1.82, 2.24) is 5.43 Å². The van der Waals surface area contributed by atoms with Gasteiger partial charge in [0.15, 0.2) is 0 Å². The van der Waals surface area contributed by atoms with Crippen molar-refractivity contribution >= 4 is 23.4 Å². The van der Waals surface area contributed by atoms with E-state index in [2.05, 4.69) is 10.5 Å². The minimum Gasteiger partial charge on any atom is -0.442 e. The number of ether oxygens (including phenoxy) is 1. The Labute approximate surface area is 117 Å². The number of carbonyl (C=O) groups excluding carboxylic acids is 1. The molecule has 0 aliphatic carbocycles. The fraction of sp³-hybridized carbons (Fsp3) is 0.333. The van der Waals surface area contributed by atoms with Crippen LogP contribution in [-0.4, -0.2) is 18.4 Å². The zero-order valence-electron chi connectivity index (χ0n) is 10.1. The number of nitrogens with zero attached hydrogens (tertiary/aromatic N) is 1. The Bertz CT molecular complexity index is 558. The first kappa shape index (κ1) is 14.6. The summed E-state index contributed by atoms with van der Waals surface area (Å²) in [6.07, 6.45) is -4.39. The van der Waals surface area contributed by atoms with Gasteiger partial charge in [-0.2, -0.15) is 18.3 Å². The molecule has 1 aliphatic rings. The van der Waals surface area contributed by atoms with E-state index in [1.165, 1.54) is 12.1 Å². The zero-order valence-corrected chi connectivity index (χ0v) is 10.9. The van der Waals surface area contributed by atoms with Crippen LogP contribution in [0.4, 0.5) is 18.0 Å². The third kappa shape index (κ3) is 3.63. The normalized spacial score (nSPS) is 15.4. The Hall–Kier alpha value is -1.76. The van der Waals surface area contributed by atoms with E-state index < -0.39 is 17.8 Å². The molecule has 1 amide bonds. The van der Waals surface area contributed by atoms with Crippen LogP contribution < -0.4 is 5.43 Å². The predicted octanol–water partition coefficient (Wildman–Crippen LogP) is 3.39. The van der Waals surface area contributed by atoms with Crippen molar-refractivity contribution in [1.29, 1.82) is 0 Å². The number of amides is 1. The Balaban J connectivity index is 2.05. The molecule has 0 saturated heterocycles. The molecule has 0 bridgehead atoms. The molecule has 108 valence electrons. The van der Waals surface area contributed by atoms with Crippen LogP contribution in [0.1, 0.15) is 17.5 Å². The summed E-state index contributed by atoms with van der Waals surface area (Å²) in [5.41, 5.74) is 2.33. The number of aryl methyl sites for hydroxylation is 1. The fourth-order valence-electron chi connectivity index (χ4n) is 1.70. The van der Waals surface area contributed by atoms with Gasteiger partial charge in [0.1, 0.15) is 6.61 Å². The smallest absolute Gasteiger partial charge is 0.428 e. The maximum atomic E-state index is 12.7. The molecule has 20 heavy (non-hydrogen) atoms. The van der Waals surface area contributed by atoms with Gasteiger partial charge in [-0.25, -0.2) is 10.2 Å². The molecule has 0 radical (unpaired) electrons. The summed E-state index contributed by atoms with van der Waals surface area (Å²) in [4.78, 5) is 10.7. The van der Waals surface area contributed by atoms with Crippen molar-refractivity contribution in [2.45, 2.75) is 19.0 Å². The van der Waals surface area contributed by atoms with E-state index in [0.717, 1.165) is 6.07 Å². The van der Waals surface area contributed by atoms with Crippen LogP contribution in [0.3, 0.4) is 0 Å². The summed E-state index contributed by atoms with van der Waals surface area (Å²) < 4.78 is 42.8. The van der Waals surface area contributed by atoms with Crippen molar-refractivity contribution in [2.24, 2.45) is 5.10 Å². The molecule has 4 nitrogen and oxygen atoms in total. The van der Waals surface area contributed by atoms with Crippen molar-refractivity contribution in [3.05, 3.63) is 34.3 Å². The SMILES string of the molecule is O=C1NN=C(CCc2ccc(Cl)c(C(F)(F)F)c2)CO1. The second-order valence-electron chi connectivity index (χ2n) is 4.18. The quantitative estimate of drug-likeness (QED) is 0.930. The fourth-order valence-corrected chi connectivity index (χ4v) is 1.92. The zero-order chi connectivity index (χ0) is 14.8. The monoisotopic (exact) mass is 306 g/mol. The van der Waals surface area contributed by atoms with Gasteiger partial charge in [0, 0.05) is 0 Å². The number of hydrazone groups is 1. The summed E-state index contributed by atoms with van der Waals surface area (Å²) >= 11 is 5.53. The highest BCUT2D eigenvalue weighted by molar-refractivity contribution is 6.31. The van der Waals surface area contributed by atoms with Crippen LogP contribution in [0.15, 0.2) is 23.3 Å². The molecule has 1 aliphatic heterocycles. The lowest BCUT2D eigenvalue weighted by Gasteiger charge is -2.14. The van der Waals surface area contributed by atoms with Crippen LogP contribution >= 0.6 is 11.6 Å². The molecule has 0 aromatic heterocycles. The first-order valence-corrected chi connectivity index (χ1v) is 6.08. The van der Waals surface area contributed by atoms with E-state index in [0.29, 0.717) is 24.1 Å². The summed E-state index contributed by atoms with van der Waals surface area (Å²) in [5, 5.41) is 3.43.